The summed E-state index contributed by atoms with van der Waals surface area (Å²) in [6, 6.07) is -1.59. The van der Waals surface area contributed by atoms with Crippen molar-refractivity contribution < 1.29 is 37.0 Å². The summed E-state index contributed by atoms with van der Waals surface area (Å²) in [4.78, 5) is 36.4. The Morgan fingerprint density at radius 2 is 2.00 bits per heavy atom. The van der Waals surface area contributed by atoms with Crippen LogP contribution in [0.3, 0.4) is 0 Å². The summed E-state index contributed by atoms with van der Waals surface area (Å²) >= 11 is 0. The molecular weight excluding hydrogens is 405 g/mol. The first-order chi connectivity index (χ1) is 14.0. The van der Waals surface area contributed by atoms with Crippen molar-refractivity contribution in [3.8, 4) is 0 Å². The molecule has 0 aliphatic carbocycles. The van der Waals surface area contributed by atoms with Crippen LogP contribution >= 0.6 is 0 Å². The monoisotopic (exact) mass is 432 g/mol. The fourth-order valence-electron chi connectivity index (χ4n) is 3.18. The van der Waals surface area contributed by atoms with Crippen LogP contribution < -0.4 is 5.32 Å². The molecule has 1 aliphatic rings. The summed E-state index contributed by atoms with van der Waals surface area (Å²) in [5, 5.41) is 2.69. The molecule has 0 spiro atoms. The number of hydrogen-bond donors (Lipinski definition) is 1. The van der Waals surface area contributed by atoms with Crippen molar-refractivity contribution in [2.75, 3.05) is 19.7 Å². The predicted molar refractivity (Wildman–Crippen MR) is 103 cm³/mol. The van der Waals surface area contributed by atoms with Gasteiger partial charge in [0.05, 0.1) is 6.04 Å². The van der Waals surface area contributed by atoms with E-state index >= 15 is 0 Å². The van der Waals surface area contributed by atoms with Crippen LogP contribution in [0.25, 0.3) is 0 Å². The second-order valence-electron chi connectivity index (χ2n) is 6.85. The van der Waals surface area contributed by atoms with E-state index in [2.05, 4.69) is 23.2 Å². The average molecular weight is 432 g/mol. The van der Waals surface area contributed by atoms with Gasteiger partial charge in [-0.25, -0.2) is 9.59 Å². The molecule has 3 unspecified atom stereocenters. The van der Waals surface area contributed by atoms with E-state index in [1.54, 1.807) is 17.9 Å². The zero-order valence-electron chi connectivity index (χ0n) is 17.0. The third kappa shape index (κ3) is 8.02. The number of nitrogens with one attached hydrogen (secondary N) is 1. The number of alkyl halides is 3. The maximum Gasteiger partial charge on any atom is 0.491 e. The average Bonchev–Trinajstić information content (AvgIpc) is 3.05. The Balaban J connectivity index is 2.87. The number of rotatable bonds is 10. The molecule has 0 bridgehead atoms. The third-order valence-electron chi connectivity index (χ3n) is 4.45. The zero-order valence-corrected chi connectivity index (χ0v) is 17.0. The van der Waals surface area contributed by atoms with E-state index < -0.39 is 30.2 Å². The van der Waals surface area contributed by atoms with Gasteiger partial charge in [-0.1, -0.05) is 31.4 Å². The van der Waals surface area contributed by atoms with Crippen molar-refractivity contribution in [1.82, 2.24) is 10.2 Å². The minimum Gasteiger partial charge on any atom is -0.492 e. The van der Waals surface area contributed by atoms with Gasteiger partial charge in [0.1, 0.15) is 18.4 Å². The van der Waals surface area contributed by atoms with Gasteiger partial charge in [-0.05, 0) is 25.7 Å². The number of allylic oxidation sites excluding steroid dienone is 1. The second-order valence-corrected chi connectivity index (χ2v) is 6.85. The first-order valence-electron chi connectivity index (χ1n) is 9.38. The summed E-state index contributed by atoms with van der Waals surface area (Å²) < 4.78 is 46.7. The Bertz CT molecular complexity index is 690. The lowest BCUT2D eigenvalue weighted by molar-refractivity contribution is -0.203. The first kappa shape index (κ1) is 25.4. The van der Waals surface area contributed by atoms with Crippen LogP contribution in [-0.4, -0.2) is 60.7 Å². The van der Waals surface area contributed by atoms with Crippen LogP contribution in [0.5, 0.6) is 0 Å². The second kappa shape index (κ2) is 11.5. The zero-order chi connectivity index (χ0) is 22.9. The van der Waals surface area contributed by atoms with Crippen LogP contribution in [0.1, 0.15) is 26.7 Å². The van der Waals surface area contributed by atoms with Gasteiger partial charge in [0, 0.05) is 20.0 Å². The SMILES string of the molecule is C=CCOC(=C)C(CCN1CC(C=CC)CC1C(=O)OC(=O)C(F)(F)F)NC(C)=O. The van der Waals surface area contributed by atoms with Crippen molar-refractivity contribution in [2.24, 2.45) is 5.92 Å². The molecule has 0 aromatic carbocycles. The summed E-state index contributed by atoms with van der Waals surface area (Å²) in [7, 11) is 0. The summed E-state index contributed by atoms with van der Waals surface area (Å²) in [5.41, 5.74) is 0. The highest BCUT2D eigenvalue weighted by atomic mass is 19.4. The molecule has 30 heavy (non-hydrogen) atoms. The minimum absolute atomic E-state index is 0.0898. The van der Waals surface area contributed by atoms with Crippen molar-refractivity contribution >= 4 is 17.8 Å². The van der Waals surface area contributed by atoms with Gasteiger partial charge in [0.2, 0.25) is 5.91 Å². The molecule has 0 aromatic rings. The van der Waals surface area contributed by atoms with Crippen molar-refractivity contribution in [1.29, 1.82) is 0 Å². The molecule has 1 fully saturated rings. The van der Waals surface area contributed by atoms with E-state index in [-0.39, 0.29) is 37.8 Å². The molecule has 10 heteroatoms. The minimum atomic E-state index is -5.25. The number of esters is 2. The molecular formula is C20H27F3N2O5. The van der Waals surface area contributed by atoms with Crippen LogP contribution in [0.15, 0.2) is 37.1 Å². The molecule has 1 amide bonds. The van der Waals surface area contributed by atoms with Crippen LogP contribution in [-0.2, 0) is 23.9 Å². The highest BCUT2D eigenvalue weighted by molar-refractivity contribution is 5.91. The lowest BCUT2D eigenvalue weighted by atomic mass is 10.1. The van der Waals surface area contributed by atoms with Crippen molar-refractivity contribution in [2.45, 2.75) is 44.9 Å². The summed E-state index contributed by atoms with van der Waals surface area (Å²) in [5.74, 6) is -3.90. The number of likely N-dealkylation sites (tertiary alicyclic amines) is 1. The standard InChI is InChI=1S/C20H27F3N2O5/c1-5-7-15-11-17(18(27)30-19(28)20(21,22)23)25(12-15)9-8-16(24-14(4)26)13(3)29-10-6-2/h5-7,15-17H,2-3,8-12H2,1,4H3,(H,24,26). The van der Waals surface area contributed by atoms with Gasteiger partial charge in [0.25, 0.3) is 0 Å². The molecule has 0 saturated carbocycles. The van der Waals surface area contributed by atoms with Crippen LogP contribution in [0, 0.1) is 5.92 Å². The Morgan fingerprint density at radius 3 is 2.53 bits per heavy atom. The normalized spacial score (nSPS) is 20.6. The van der Waals surface area contributed by atoms with Gasteiger partial charge < -0.3 is 14.8 Å². The van der Waals surface area contributed by atoms with Gasteiger partial charge in [0.15, 0.2) is 0 Å². The highest BCUT2D eigenvalue weighted by Gasteiger charge is 2.45. The molecule has 1 heterocycles. The fourth-order valence-corrected chi connectivity index (χ4v) is 3.18. The van der Waals surface area contributed by atoms with E-state index in [0.717, 1.165) is 0 Å². The molecule has 1 aliphatic heterocycles. The summed E-state index contributed by atoms with van der Waals surface area (Å²) in [6.07, 6.45) is 0.383. The first-order valence-corrected chi connectivity index (χ1v) is 9.38. The number of ether oxygens (including phenoxy) is 2. The van der Waals surface area contributed by atoms with Gasteiger partial charge in [-0.2, -0.15) is 13.2 Å². The fraction of sp³-hybridized carbons (Fsp3) is 0.550. The van der Waals surface area contributed by atoms with E-state index in [4.69, 9.17) is 4.74 Å². The number of halogens is 3. The molecule has 168 valence electrons. The number of carbonyl (C=O) groups excluding carboxylic acids is 3. The lowest BCUT2D eigenvalue weighted by Gasteiger charge is -2.26. The maximum atomic E-state index is 12.4. The van der Waals surface area contributed by atoms with Gasteiger partial charge in [-0.15, -0.1) is 0 Å². The number of nitrogens with zero attached hydrogens (tertiary/aromatic N) is 1. The Labute approximate surface area is 173 Å². The topological polar surface area (TPSA) is 84.9 Å². The van der Waals surface area contributed by atoms with Gasteiger partial charge in [-0.3, -0.25) is 9.69 Å². The molecule has 1 N–H and O–H groups in total. The van der Waals surface area contributed by atoms with Gasteiger partial charge >= 0.3 is 18.1 Å². The Morgan fingerprint density at radius 1 is 1.33 bits per heavy atom. The molecule has 1 saturated heterocycles. The molecule has 3 atom stereocenters. The third-order valence-corrected chi connectivity index (χ3v) is 4.45. The highest BCUT2D eigenvalue weighted by Crippen LogP contribution is 2.27. The van der Waals surface area contributed by atoms with Crippen LogP contribution in [0.4, 0.5) is 13.2 Å². The van der Waals surface area contributed by atoms with E-state index in [1.165, 1.54) is 13.0 Å². The number of amides is 1. The van der Waals surface area contributed by atoms with Crippen molar-refractivity contribution in [3.63, 3.8) is 0 Å². The van der Waals surface area contributed by atoms with E-state index in [9.17, 15) is 27.6 Å². The maximum absolute atomic E-state index is 12.4. The molecule has 0 aromatic heterocycles. The largest absolute Gasteiger partial charge is 0.492 e. The number of hydrogen-bond acceptors (Lipinski definition) is 6. The predicted octanol–water partition coefficient (Wildman–Crippen LogP) is 2.50. The molecule has 0 radical (unpaired) electrons. The van der Waals surface area contributed by atoms with E-state index in [1.807, 2.05) is 6.08 Å². The Hall–Kier alpha value is -2.62. The van der Waals surface area contributed by atoms with Crippen molar-refractivity contribution in [3.05, 3.63) is 37.1 Å². The summed E-state index contributed by atoms with van der Waals surface area (Å²) in [6.45, 7) is 11.2. The molecule has 7 nitrogen and oxygen atoms in total. The number of carbonyl (C=O) groups is 3. The quantitative estimate of drug-likeness (QED) is 0.247. The Kier molecular flexibility index (Phi) is 9.77. The van der Waals surface area contributed by atoms with E-state index in [0.29, 0.717) is 12.3 Å². The molecule has 1 rings (SSSR count). The lowest BCUT2D eigenvalue weighted by Crippen LogP contribution is -2.43. The smallest absolute Gasteiger partial charge is 0.491 e. The van der Waals surface area contributed by atoms with Crippen LogP contribution in [0.2, 0.25) is 0 Å².